The van der Waals surface area contributed by atoms with E-state index in [9.17, 15) is 20.1 Å². The Bertz CT molecular complexity index is 1340. The minimum absolute atomic E-state index is 0.0591. The van der Waals surface area contributed by atoms with Gasteiger partial charge in [-0.05, 0) is 59.7 Å². The number of carbonyl (C=O) groups excluding carboxylic acids is 1. The Hall–Kier alpha value is -3.80. The number of benzene rings is 2. The van der Waals surface area contributed by atoms with Gasteiger partial charge in [-0.1, -0.05) is 27.7 Å². The van der Waals surface area contributed by atoms with Crippen molar-refractivity contribution < 1.29 is 20.1 Å². The van der Waals surface area contributed by atoms with Crippen LogP contribution in [-0.4, -0.2) is 26.8 Å². The molecule has 0 radical (unpaired) electrons. The van der Waals surface area contributed by atoms with E-state index in [1.165, 1.54) is 0 Å². The van der Waals surface area contributed by atoms with Crippen LogP contribution >= 0.6 is 0 Å². The second-order valence-corrected chi connectivity index (χ2v) is 9.51. The van der Waals surface area contributed by atoms with Gasteiger partial charge in [0.2, 0.25) is 5.78 Å². The number of fused-ring (bicyclic) bond motifs is 2. The van der Waals surface area contributed by atoms with Crippen LogP contribution in [0, 0.1) is 0 Å². The van der Waals surface area contributed by atoms with Crippen LogP contribution < -0.4 is 5.32 Å². The topological polar surface area (TPSA) is 102 Å². The van der Waals surface area contributed by atoms with Crippen molar-refractivity contribution in [3.63, 3.8) is 0 Å². The second-order valence-electron chi connectivity index (χ2n) is 9.51. The highest BCUT2D eigenvalue weighted by molar-refractivity contribution is 6.25. The summed E-state index contributed by atoms with van der Waals surface area (Å²) in [6, 6.07) is 10.1. The zero-order valence-corrected chi connectivity index (χ0v) is 18.3. The maximum absolute atomic E-state index is 12.9. The van der Waals surface area contributed by atoms with E-state index in [0.29, 0.717) is 5.71 Å². The lowest BCUT2D eigenvalue weighted by molar-refractivity contribution is -0.113. The van der Waals surface area contributed by atoms with E-state index >= 15 is 0 Å². The molecular formula is C26H24N2O4. The fourth-order valence-electron chi connectivity index (χ4n) is 4.56. The van der Waals surface area contributed by atoms with E-state index in [1.807, 2.05) is 27.7 Å². The van der Waals surface area contributed by atoms with Gasteiger partial charge in [0.15, 0.2) is 0 Å². The quantitative estimate of drug-likeness (QED) is 0.395. The number of aliphatic hydroxyl groups excluding tert-OH is 1. The predicted molar refractivity (Wildman–Crippen MR) is 124 cm³/mol. The van der Waals surface area contributed by atoms with Gasteiger partial charge in [0.05, 0.1) is 22.5 Å². The van der Waals surface area contributed by atoms with Gasteiger partial charge in [-0.15, -0.1) is 0 Å². The van der Waals surface area contributed by atoms with Crippen molar-refractivity contribution >= 4 is 22.9 Å². The third-order valence-corrected chi connectivity index (χ3v) is 6.72. The number of ketones is 1. The molecule has 2 heterocycles. The molecule has 4 N–H and O–H groups in total. The van der Waals surface area contributed by atoms with Crippen LogP contribution in [0.4, 0.5) is 11.4 Å². The minimum Gasteiger partial charge on any atom is -0.508 e. The molecule has 0 atom stereocenters. The first-order chi connectivity index (χ1) is 15.0. The zero-order valence-electron chi connectivity index (χ0n) is 18.3. The molecule has 1 aliphatic carbocycles. The highest BCUT2D eigenvalue weighted by Gasteiger charge is 2.41. The predicted octanol–water partition coefficient (Wildman–Crippen LogP) is 5.07. The van der Waals surface area contributed by atoms with Crippen LogP contribution in [-0.2, 0) is 15.6 Å². The number of Topliss-reactive ketones (excluding diaryl/α,β-unsaturated/α-hetero) is 1. The number of aromatic hydroxyl groups is 2. The van der Waals surface area contributed by atoms with Gasteiger partial charge in [0.1, 0.15) is 17.3 Å². The third kappa shape index (κ3) is 2.72. The summed E-state index contributed by atoms with van der Waals surface area (Å²) in [7, 11) is 0. The first-order valence-corrected chi connectivity index (χ1v) is 10.5. The van der Waals surface area contributed by atoms with Crippen LogP contribution in [0.5, 0.6) is 11.5 Å². The Morgan fingerprint density at radius 2 is 1.53 bits per heavy atom. The molecule has 162 valence electrons. The molecule has 6 heteroatoms. The van der Waals surface area contributed by atoms with Crippen molar-refractivity contribution in [2.24, 2.45) is 4.99 Å². The molecule has 32 heavy (non-hydrogen) atoms. The second kappa shape index (κ2) is 6.36. The Morgan fingerprint density at radius 1 is 0.875 bits per heavy atom. The van der Waals surface area contributed by atoms with Crippen LogP contribution in [0.2, 0.25) is 0 Å². The average molecular weight is 428 g/mol. The smallest absolute Gasteiger partial charge is 0.200 e. The lowest BCUT2D eigenvalue weighted by atomic mass is 9.77. The molecule has 0 fully saturated rings. The highest BCUT2D eigenvalue weighted by atomic mass is 16.3. The van der Waals surface area contributed by atoms with Crippen molar-refractivity contribution in [2.75, 3.05) is 5.32 Å². The van der Waals surface area contributed by atoms with Crippen molar-refractivity contribution in [2.45, 2.75) is 38.5 Å². The lowest BCUT2D eigenvalue weighted by Gasteiger charge is -2.25. The van der Waals surface area contributed by atoms with Gasteiger partial charge in [0, 0.05) is 22.2 Å². The van der Waals surface area contributed by atoms with E-state index in [1.54, 1.807) is 48.6 Å². The fourth-order valence-corrected chi connectivity index (χ4v) is 4.56. The summed E-state index contributed by atoms with van der Waals surface area (Å²) in [4.78, 5) is 17.5. The maximum Gasteiger partial charge on any atom is 0.200 e. The Morgan fingerprint density at radius 3 is 2.22 bits per heavy atom. The number of hydrogen-bond acceptors (Lipinski definition) is 6. The zero-order chi connectivity index (χ0) is 23.0. The molecule has 0 saturated heterocycles. The summed E-state index contributed by atoms with van der Waals surface area (Å²) in [5, 5.41) is 33.7. The average Bonchev–Trinajstić information content (AvgIpc) is 3.13. The molecule has 0 spiro atoms. The lowest BCUT2D eigenvalue weighted by Crippen LogP contribution is -2.28. The van der Waals surface area contributed by atoms with Crippen molar-refractivity contribution in [3.8, 4) is 11.5 Å². The van der Waals surface area contributed by atoms with Gasteiger partial charge >= 0.3 is 0 Å². The molecular weight excluding hydrogens is 404 g/mol. The van der Waals surface area contributed by atoms with Crippen molar-refractivity contribution in [1.29, 1.82) is 0 Å². The Balaban J connectivity index is 1.49. The van der Waals surface area contributed by atoms with Crippen LogP contribution in [0.1, 0.15) is 38.8 Å². The molecule has 0 bridgehead atoms. The number of nitrogens with zero attached hydrogens (tertiary/aromatic N) is 1. The number of aliphatic hydroxyl groups is 1. The van der Waals surface area contributed by atoms with Gasteiger partial charge in [-0.25, -0.2) is 0 Å². The SMILES string of the molecule is CC1(C)C(/C=C2\C(=O)C(/C=C3\Nc4ccc(O)cc4C3(C)C)=C2O)=Nc2ccc(O)cc21. The molecule has 0 amide bonds. The van der Waals surface area contributed by atoms with E-state index in [-0.39, 0.29) is 34.2 Å². The summed E-state index contributed by atoms with van der Waals surface area (Å²) in [6.07, 6.45) is 3.32. The van der Waals surface area contributed by atoms with Crippen LogP contribution in [0.3, 0.4) is 0 Å². The largest absolute Gasteiger partial charge is 0.508 e. The van der Waals surface area contributed by atoms with E-state index < -0.39 is 10.8 Å². The molecule has 0 saturated carbocycles. The maximum atomic E-state index is 12.9. The Labute approximate surface area is 186 Å². The number of carbonyl (C=O) groups is 1. The number of rotatable bonds is 2. The van der Waals surface area contributed by atoms with Gasteiger partial charge in [-0.2, -0.15) is 0 Å². The Kier molecular flexibility index (Phi) is 4.00. The van der Waals surface area contributed by atoms with E-state index in [2.05, 4.69) is 10.3 Å². The van der Waals surface area contributed by atoms with Gasteiger partial charge in [0.25, 0.3) is 0 Å². The fraction of sp³-hybridized carbons (Fsp3) is 0.231. The number of nitrogens with one attached hydrogen (secondary N) is 1. The van der Waals surface area contributed by atoms with Crippen molar-refractivity contribution in [3.05, 3.63) is 82.3 Å². The van der Waals surface area contributed by atoms with E-state index in [0.717, 1.165) is 28.2 Å². The molecule has 5 rings (SSSR count). The van der Waals surface area contributed by atoms with Crippen molar-refractivity contribution in [1.82, 2.24) is 0 Å². The molecule has 3 aliphatic rings. The summed E-state index contributed by atoms with van der Waals surface area (Å²) < 4.78 is 0. The normalized spacial score (nSPS) is 22.5. The number of allylic oxidation sites excluding steroid dienone is 5. The van der Waals surface area contributed by atoms with E-state index in [4.69, 9.17) is 0 Å². The molecule has 2 aromatic rings. The first kappa shape index (κ1) is 20.1. The number of phenols is 2. The summed E-state index contributed by atoms with van der Waals surface area (Å²) >= 11 is 0. The summed E-state index contributed by atoms with van der Waals surface area (Å²) in [5.41, 5.74) is 4.35. The summed E-state index contributed by atoms with van der Waals surface area (Å²) in [6.45, 7) is 7.94. The third-order valence-electron chi connectivity index (χ3n) is 6.72. The molecule has 2 aromatic carbocycles. The molecule has 2 aliphatic heterocycles. The first-order valence-electron chi connectivity index (χ1n) is 10.5. The standard InChI is InChI=1S/C26H24N2O4/c1-25(2)17-9-13(29)5-7-19(17)27-21(25)11-15-23(31)16(24(15)32)12-22-26(3,4)18-10-14(30)6-8-20(18)28-22/h5-12,27,29-31H,1-4H3/b16-12-,21-11-. The number of aliphatic imine (C=N–C) groups is 1. The van der Waals surface area contributed by atoms with Crippen LogP contribution in [0.25, 0.3) is 0 Å². The van der Waals surface area contributed by atoms with Crippen LogP contribution in [0.15, 0.2) is 76.1 Å². The number of hydrogen-bond donors (Lipinski definition) is 4. The van der Waals surface area contributed by atoms with Gasteiger partial charge in [-0.3, -0.25) is 9.79 Å². The number of anilines is 1. The number of phenolic OH excluding ortho intramolecular Hbond substituents is 2. The monoisotopic (exact) mass is 428 g/mol. The van der Waals surface area contributed by atoms with Gasteiger partial charge < -0.3 is 20.6 Å². The minimum atomic E-state index is -0.505. The molecule has 6 nitrogen and oxygen atoms in total. The molecule has 0 unspecified atom stereocenters. The molecule has 0 aromatic heterocycles. The highest BCUT2D eigenvalue weighted by Crippen LogP contribution is 2.47. The summed E-state index contributed by atoms with van der Waals surface area (Å²) in [5.74, 6) is 0.0411.